The first-order chi connectivity index (χ1) is 8.92. The molecule has 0 saturated heterocycles. The third-order valence-electron chi connectivity index (χ3n) is 2.89. The van der Waals surface area contributed by atoms with Crippen LogP contribution in [-0.2, 0) is 4.74 Å². The van der Waals surface area contributed by atoms with Gasteiger partial charge >= 0.3 is 0 Å². The van der Waals surface area contributed by atoms with Gasteiger partial charge in [0.05, 0.1) is 6.20 Å². The molecule has 2 aromatic rings. The van der Waals surface area contributed by atoms with Crippen molar-refractivity contribution in [2.45, 2.75) is 19.3 Å². The Balaban J connectivity index is 1.88. The first-order valence-electron chi connectivity index (χ1n) is 6.35. The van der Waals surface area contributed by atoms with Crippen LogP contribution in [0.25, 0.3) is 10.8 Å². The summed E-state index contributed by atoms with van der Waals surface area (Å²) in [5.74, 6) is 0.875. The highest BCUT2D eigenvalue weighted by Gasteiger charge is 2.01. The molecule has 4 heteroatoms. The number of ether oxygens (including phenoxy) is 1. The minimum atomic E-state index is 0.841. The molecular formula is C14H19N3O. The number of fused-ring (bicyclic) bond motifs is 1. The second-order valence-corrected chi connectivity index (χ2v) is 4.26. The second-order valence-electron chi connectivity index (χ2n) is 4.26. The molecule has 0 atom stereocenters. The van der Waals surface area contributed by atoms with Crippen molar-refractivity contribution in [3.8, 4) is 0 Å². The maximum absolute atomic E-state index is 5.02. The third-order valence-corrected chi connectivity index (χ3v) is 2.89. The van der Waals surface area contributed by atoms with E-state index < -0.39 is 0 Å². The standard InChI is InChI=1S/C14H19N3O/c1-18-10-6-2-5-9-15-14-13-8-4-3-7-12(13)11-16-17-14/h3-4,7-8,11H,2,5-6,9-10H2,1H3,(H,15,17). The topological polar surface area (TPSA) is 47.0 Å². The fourth-order valence-electron chi connectivity index (χ4n) is 1.91. The van der Waals surface area contributed by atoms with E-state index in [9.17, 15) is 0 Å². The molecule has 18 heavy (non-hydrogen) atoms. The molecule has 1 aromatic heterocycles. The molecule has 0 unspecified atom stereocenters. The summed E-state index contributed by atoms with van der Waals surface area (Å²) in [4.78, 5) is 0. The van der Waals surface area contributed by atoms with Gasteiger partial charge in [-0.05, 0) is 19.3 Å². The van der Waals surface area contributed by atoms with E-state index in [4.69, 9.17) is 4.74 Å². The lowest BCUT2D eigenvalue weighted by atomic mass is 10.2. The molecule has 0 amide bonds. The van der Waals surface area contributed by atoms with Crippen LogP contribution in [0.4, 0.5) is 5.82 Å². The summed E-state index contributed by atoms with van der Waals surface area (Å²) < 4.78 is 5.02. The van der Waals surface area contributed by atoms with E-state index in [1.807, 2.05) is 18.2 Å². The van der Waals surface area contributed by atoms with Crippen molar-refractivity contribution in [2.24, 2.45) is 0 Å². The summed E-state index contributed by atoms with van der Waals surface area (Å²) in [6.45, 7) is 1.76. The van der Waals surface area contributed by atoms with Gasteiger partial charge in [0.1, 0.15) is 0 Å². The maximum Gasteiger partial charge on any atom is 0.156 e. The van der Waals surface area contributed by atoms with Gasteiger partial charge in [-0.3, -0.25) is 0 Å². The second kappa shape index (κ2) is 6.91. The van der Waals surface area contributed by atoms with Crippen LogP contribution < -0.4 is 5.32 Å². The number of methoxy groups -OCH3 is 1. The van der Waals surface area contributed by atoms with Gasteiger partial charge in [0.25, 0.3) is 0 Å². The molecule has 0 aliphatic carbocycles. The molecule has 4 nitrogen and oxygen atoms in total. The van der Waals surface area contributed by atoms with Crippen LogP contribution >= 0.6 is 0 Å². The maximum atomic E-state index is 5.02. The number of unbranched alkanes of at least 4 members (excludes halogenated alkanes) is 2. The summed E-state index contributed by atoms with van der Waals surface area (Å²) in [6.07, 6.45) is 5.19. The van der Waals surface area contributed by atoms with Gasteiger partial charge in [-0.15, -0.1) is 5.10 Å². The zero-order chi connectivity index (χ0) is 12.6. The van der Waals surface area contributed by atoms with E-state index in [0.29, 0.717) is 0 Å². The summed E-state index contributed by atoms with van der Waals surface area (Å²) in [5, 5.41) is 13.8. The monoisotopic (exact) mass is 245 g/mol. The third kappa shape index (κ3) is 3.40. The van der Waals surface area contributed by atoms with E-state index in [1.54, 1.807) is 13.3 Å². The summed E-state index contributed by atoms with van der Waals surface area (Å²) in [5.41, 5.74) is 0. The van der Waals surface area contributed by atoms with Crippen molar-refractivity contribution in [3.63, 3.8) is 0 Å². The average Bonchev–Trinajstić information content (AvgIpc) is 2.43. The smallest absolute Gasteiger partial charge is 0.156 e. The Morgan fingerprint density at radius 3 is 2.94 bits per heavy atom. The predicted octanol–water partition coefficient (Wildman–Crippen LogP) is 2.86. The van der Waals surface area contributed by atoms with Crippen molar-refractivity contribution in [1.82, 2.24) is 10.2 Å². The highest BCUT2D eigenvalue weighted by molar-refractivity contribution is 5.90. The number of nitrogens with one attached hydrogen (secondary N) is 1. The highest BCUT2D eigenvalue weighted by atomic mass is 16.5. The van der Waals surface area contributed by atoms with Gasteiger partial charge in [-0.25, -0.2) is 0 Å². The van der Waals surface area contributed by atoms with Crippen LogP contribution in [-0.4, -0.2) is 30.5 Å². The van der Waals surface area contributed by atoms with Crippen LogP contribution in [0.5, 0.6) is 0 Å². The van der Waals surface area contributed by atoms with Crippen molar-refractivity contribution in [3.05, 3.63) is 30.5 Å². The van der Waals surface area contributed by atoms with Gasteiger partial charge in [0, 0.05) is 31.0 Å². The van der Waals surface area contributed by atoms with Crippen molar-refractivity contribution in [1.29, 1.82) is 0 Å². The Labute approximate surface area is 107 Å². The first-order valence-corrected chi connectivity index (χ1v) is 6.35. The number of nitrogens with zero attached hydrogens (tertiary/aromatic N) is 2. The van der Waals surface area contributed by atoms with Gasteiger partial charge in [0.2, 0.25) is 0 Å². The normalized spacial score (nSPS) is 10.7. The van der Waals surface area contributed by atoms with E-state index in [0.717, 1.165) is 42.6 Å². The molecule has 0 bridgehead atoms. The van der Waals surface area contributed by atoms with E-state index in [1.165, 1.54) is 6.42 Å². The Bertz CT molecular complexity index is 482. The molecule has 1 heterocycles. The molecule has 0 fully saturated rings. The van der Waals surface area contributed by atoms with Gasteiger partial charge in [-0.1, -0.05) is 24.3 Å². The van der Waals surface area contributed by atoms with Crippen molar-refractivity contribution < 1.29 is 4.74 Å². The van der Waals surface area contributed by atoms with Crippen LogP contribution in [0.15, 0.2) is 30.5 Å². The van der Waals surface area contributed by atoms with Gasteiger partial charge in [0.15, 0.2) is 5.82 Å². The molecule has 0 aliphatic heterocycles. The molecule has 1 aromatic carbocycles. The lowest BCUT2D eigenvalue weighted by molar-refractivity contribution is 0.192. The molecule has 1 N–H and O–H groups in total. The molecule has 2 rings (SSSR count). The first kappa shape index (κ1) is 12.8. The van der Waals surface area contributed by atoms with Crippen molar-refractivity contribution >= 4 is 16.6 Å². The number of rotatable bonds is 7. The van der Waals surface area contributed by atoms with Crippen LogP contribution in [0.3, 0.4) is 0 Å². The predicted molar refractivity (Wildman–Crippen MR) is 73.8 cm³/mol. The summed E-state index contributed by atoms with van der Waals surface area (Å²) >= 11 is 0. The average molecular weight is 245 g/mol. The zero-order valence-corrected chi connectivity index (χ0v) is 10.7. The van der Waals surface area contributed by atoms with E-state index in [2.05, 4.69) is 21.6 Å². The fourth-order valence-corrected chi connectivity index (χ4v) is 1.91. The highest BCUT2D eigenvalue weighted by Crippen LogP contribution is 2.19. The molecule has 0 radical (unpaired) electrons. The minimum absolute atomic E-state index is 0.841. The van der Waals surface area contributed by atoms with E-state index >= 15 is 0 Å². The SMILES string of the molecule is COCCCCCNc1nncc2ccccc12. The fraction of sp³-hybridized carbons (Fsp3) is 0.429. The Morgan fingerprint density at radius 1 is 1.17 bits per heavy atom. The minimum Gasteiger partial charge on any atom is -0.385 e. The molecule has 0 saturated carbocycles. The van der Waals surface area contributed by atoms with Crippen molar-refractivity contribution in [2.75, 3.05) is 25.6 Å². The van der Waals surface area contributed by atoms with Crippen LogP contribution in [0.2, 0.25) is 0 Å². The molecular weight excluding hydrogens is 226 g/mol. The lowest BCUT2D eigenvalue weighted by Gasteiger charge is -2.07. The number of hydrogen-bond acceptors (Lipinski definition) is 4. The van der Waals surface area contributed by atoms with Gasteiger partial charge in [-0.2, -0.15) is 5.10 Å². The Morgan fingerprint density at radius 2 is 2.06 bits per heavy atom. The van der Waals surface area contributed by atoms with Crippen LogP contribution in [0, 0.1) is 0 Å². The van der Waals surface area contributed by atoms with Gasteiger partial charge < -0.3 is 10.1 Å². The lowest BCUT2D eigenvalue weighted by Crippen LogP contribution is -2.05. The van der Waals surface area contributed by atoms with Crippen LogP contribution in [0.1, 0.15) is 19.3 Å². The Kier molecular flexibility index (Phi) is 4.90. The molecule has 0 aliphatic rings. The number of aromatic nitrogens is 2. The Hall–Kier alpha value is -1.68. The largest absolute Gasteiger partial charge is 0.385 e. The molecule has 0 spiro atoms. The van der Waals surface area contributed by atoms with E-state index in [-0.39, 0.29) is 0 Å². The number of anilines is 1. The summed E-state index contributed by atoms with van der Waals surface area (Å²) in [7, 11) is 1.74. The number of benzene rings is 1. The molecule has 96 valence electrons. The zero-order valence-electron chi connectivity index (χ0n) is 10.7. The number of hydrogen-bond donors (Lipinski definition) is 1. The quantitative estimate of drug-likeness (QED) is 0.762. The summed E-state index contributed by atoms with van der Waals surface area (Å²) in [6, 6.07) is 8.15.